The molecule has 0 radical (unpaired) electrons. The third-order valence-electron chi connectivity index (χ3n) is 5.71. The maximum absolute atomic E-state index is 11.2. The molecule has 2 aromatic heterocycles. The topological polar surface area (TPSA) is 161 Å². The quantitative estimate of drug-likeness (QED) is 0.381. The van der Waals surface area contributed by atoms with Crippen molar-refractivity contribution in [3.63, 3.8) is 0 Å². The average molecular weight is 519 g/mol. The van der Waals surface area contributed by atoms with Gasteiger partial charge in [-0.2, -0.15) is 10.5 Å². The van der Waals surface area contributed by atoms with Gasteiger partial charge in [0.25, 0.3) is 5.69 Å². The van der Waals surface area contributed by atoms with Crippen molar-refractivity contribution in [1.82, 2.24) is 20.2 Å². The first-order chi connectivity index (χ1) is 18.5. The Labute approximate surface area is 223 Å². The van der Waals surface area contributed by atoms with Gasteiger partial charge < -0.3 is 15.1 Å². The Hall–Kier alpha value is -4.58. The van der Waals surface area contributed by atoms with E-state index in [1.165, 1.54) is 18.5 Å². The molecule has 3 aromatic rings. The van der Waals surface area contributed by atoms with Crippen molar-refractivity contribution in [2.75, 3.05) is 48.3 Å². The number of rotatable bonds is 4. The largest absolute Gasteiger partial charge is 0.357 e. The Morgan fingerprint density at radius 3 is 2.05 bits per heavy atom. The van der Waals surface area contributed by atoms with Gasteiger partial charge in [-0.3, -0.25) is 10.1 Å². The second-order valence-corrected chi connectivity index (χ2v) is 7.92. The molecule has 0 spiro atoms. The van der Waals surface area contributed by atoms with E-state index in [0.717, 1.165) is 42.5 Å². The van der Waals surface area contributed by atoms with Gasteiger partial charge in [0.1, 0.15) is 6.07 Å². The Morgan fingerprint density at radius 1 is 0.974 bits per heavy atom. The summed E-state index contributed by atoms with van der Waals surface area (Å²) in [5, 5.41) is 41.6. The van der Waals surface area contributed by atoms with E-state index in [1.54, 1.807) is 19.2 Å². The molecule has 0 amide bonds. The zero-order valence-corrected chi connectivity index (χ0v) is 22.5. The molecule has 2 saturated heterocycles. The molecule has 5 rings (SSSR count). The molecule has 2 fully saturated rings. The van der Waals surface area contributed by atoms with Crippen molar-refractivity contribution in [3.05, 3.63) is 46.3 Å². The van der Waals surface area contributed by atoms with Gasteiger partial charge >= 0.3 is 0 Å². The highest BCUT2D eigenvalue weighted by Crippen LogP contribution is 2.36. The number of nitro groups is 1. The lowest BCUT2D eigenvalue weighted by atomic mass is 10.0. The summed E-state index contributed by atoms with van der Waals surface area (Å²) in [6.07, 6.45) is 5.18. The third-order valence-corrected chi connectivity index (χ3v) is 5.71. The lowest BCUT2D eigenvalue weighted by Gasteiger charge is -2.36. The van der Waals surface area contributed by atoms with Gasteiger partial charge in [-0.1, -0.05) is 27.7 Å². The minimum atomic E-state index is -0.395. The lowest BCUT2D eigenvalue weighted by Crippen LogP contribution is -2.46. The van der Waals surface area contributed by atoms with E-state index in [4.69, 9.17) is 10.5 Å². The van der Waals surface area contributed by atoms with Crippen LogP contribution < -0.4 is 15.1 Å². The lowest BCUT2D eigenvalue weighted by molar-refractivity contribution is -0.384. The number of aromatic nitrogens is 4. The third kappa shape index (κ3) is 7.01. The molecule has 1 N–H and O–H groups in total. The molecule has 12 heteroatoms. The van der Waals surface area contributed by atoms with Crippen LogP contribution in [0.25, 0.3) is 10.8 Å². The molecule has 0 aliphatic carbocycles. The van der Waals surface area contributed by atoms with Crippen molar-refractivity contribution in [2.45, 2.75) is 40.5 Å². The summed E-state index contributed by atoms with van der Waals surface area (Å²) < 4.78 is 0. The molecule has 2 aliphatic heterocycles. The van der Waals surface area contributed by atoms with Crippen LogP contribution in [-0.2, 0) is 0 Å². The molecule has 200 valence electrons. The summed E-state index contributed by atoms with van der Waals surface area (Å²) >= 11 is 0. The number of benzene rings is 1. The van der Waals surface area contributed by atoms with Gasteiger partial charge in [0, 0.05) is 56.1 Å². The molecule has 1 aromatic carbocycles. The second-order valence-electron chi connectivity index (χ2n) is 7.92. The van der Waals surface area contributed by atoms with Gasteiger partial charge in [0.15, 0.2) is 11.6 Å². The van der Waals surface area contributed by atoms with Gasteiger partial charge in [-0.05, 0) is 18.9 Å². The van der Waals surface area contributed by atoms with Crippen LogP contribution in [-0.4, -0.2) is 58.3 Å². The normalized spacial score (nSPS) is 13.8. The number of anilines is 3. The molecule has 4 heterocycles. The summed E-state index contributed by atoms with van der Waals surface area (Å²) in [6, 6.07) is 9.00. The summed E-state index contributed by atoms with van der Waals surface area (Å²) in [7, 11) is 1.72. The smallest absolute Gasteiger partial charge is 0.270 e. The highest BCUT2D eigenvalue weighted by Gasteiger charge is 2.30. The SMILES string of the molecule is CC.CC.CNc1ncc(C#N)cn1.N#CC1CN(c2nnc(N3CCCC3)c3ccc([N+](=O)[O-])cc23)C1. The first-order valence-corrected chi connectivity index (χ1v) is 12.8. The van der Waals surface area contributed by atoms with Crippen LogP contribution in [0, 0.1) is 38.7 Å². The van der Waals surface area contributed by atoms with Crippen LogP contribution in [0.15, 0.2) is 30.6 Å². The molecule has 2 aliphatic rings. The highest BCUT2D eigenvalue weighted by atomic mass is 16.6. The van der Waals surface area contributed by atoms with Gasteiger partial charge in [0.2, 0.25) is 5.95 Å². The summed E-state index contributed by atoms with van der Waals surface area (Å²) in [4.78, 5) is 22.5. The maximum atomic E-state index is 11.2. The fourth-order valence-electron chi connectivity index (χ4n) is 3.87. The van der Waals surface area contributed by atoms with Crippen molar-refractivity contribution in [1.29, 1.82) is 10.5 Å². The zero-order chi connectivity index (χ0) is 28.1. The van der Waals surface area contributed by atoms with E-state index in [1.807, 2.05) is 38.7 Å². The maximum Gasteiger partial charge on any atom is 0.270 e. The second kappa shape index (κ2) is 14.9. The summed E-state index contributed by atoms with van der Waals surface area (Å²) in [6.45, 7) is 11.0. The number of hydrogen-bond acceptors (Lipinski definition) is 11. The van der Waals surface area contributed by atoms with E-state index >= 15 is 0 Å². The minimum Gasteiger partial charge on any atom is -0.357 e. The van der Waals surface area contributed by atoms with E-state index in [-0.39, 0.29) is 11.6 Å². The Kier molecular flexibility index (Phi) is 11.6. The van der Waals surface area contributed by atoms with Gasteiger partial charge in [-0.25, -0.2) is 9.97 Å². The number of fused-ring (bicyclic) bond motifs is 1. The molecular formula is C26H34N10O2. The molecule has 0 unspecified atom stereocenters. The van der Waals surface area contributed by atoms with E-state index in [2.05, 4.69) is 36.5 Å². The molecular weight excluding hydrogens is 484 g/mol. The van der Waals surface area contributed by atoms with Crippen LogP contribution in [0.2, 0.25) is 0 Å². The van der Waals surface area contributed by atoms with Gasteiger partial charge in [-0.15, -0.1) is 10.2 Å². The van der Waals surface area contributed by atoms with Crippen molar-refractivity contribution in [3.8, 4) is 12.1 Å². The summed E-state index contributed by atoms with van der Waals surface area (Å²) in [5.74, 6) is 1.93. The van der Waals surface area contributed by atoms with E-state index < -0.39 is 4.92 Å². The zero-order valence-electron chi connectivity index (χ0n) is 22.5. The average Bonchev–Trinajstić information content (AvgIpc) is 3.49. The fourth-order valence-corrected chi connectivity index (χ4v) is 3.87. The number of nitrogens with zero attached hydrogens (tertiary/aromatic N) is 9. The predicted octanol–water partition coefficient (Wildman–Crippen LogP) is 4.54. The Morgan fingerprint density at radius 2 is 1.55 bits per heavy atom. The van der Waals surface area contributed by atoms with Crippen LogP contribution >= 0.6 is 0 Å². The number of nitro benzene ring substituents is 1. The fraction of sp³-hybridized carbons (Fsp3) is 0.462. The van der Waals surface area contributed by atoms with E-state index in [0.29, 0.717) is 30.4 Å². The van der Waals surface area contributed by atoms with Crippen molar-refractivity contribution < 1.29 is 4.92 Å². The number of hydrogen-bond donors (Lipinski definition) is 1. The minimum absolute atomic E-state index is 0.0150. The molecule has 0 saturated carbocycles. The first-order valence-electron chi connectivity index (χ1n) is 12.8. The van der Waals surface area contributed by atoms with Crippen LogP contribution in [0.1, 0.15) is 46.1 Å². The van der Waals surface area contributed by atoms with Crippen LogP contribution in [0.4, 0.5) is 23.3 Å². The van der Waals surface area contributed by atoms with Crippen LogP contribution in [0.5, 0.6) is 0 Å². The number of nitriles is 2. The highest BCUT2D eigenvalue weighted by molar-refractivity contribution is 6.00. The standard InChI is InChI=1S/C16H16N6O2.C6H6N4.2C2H6/c17-8-11-9-21(10-11)16-14-7-12(22(23)24)3-4-13(14)15(18-19-16)20-5-1-2-6-20;1-8-6-9-3-5(2-7)4-10-6;2*1-2/h3-4,7,11H,1-2,5-6,9-10H2;3-4H,1H3,(H,8,9,10);2*1-2H3. The first kappa shape index (κ1) is 29.6. The monoisotopic (exact) mass is 518 g/mol. The van der Waals surface area contributed by atoms with Crippen molar-refractivity contribution in [2.24, 2.45) is 5.92 Å². The molecule has 12 nitrogen and oxygen atoms in total. The van der Waals surface area contributed by atoms with E-state index in [9.17, 15) is 10.1 Å². The molecule has 0 atom stereocenters. The van der Waals surface area contributed by atoms with Crippen molar-refractivity contribution >= 4 is 34.0 Å². The Bertz CT molecular complexity index is 1270. The predicted molar refractivity (Wildman–Crippen MR) is 148 cm³/mol. The summed E-state index contributed by atoms with van der Waals surface area (Å²) in [5.41, 5.74) is 0.514. The number of non-ortho nitro benzene ring substituents is 1. The van der Waals surface area contributed by atoms with Crippen LogP contribution in [0.3, 0.4) is 0 Å². The Balaban J connectivity index is 0.000000304. The van der Waals surface area contributed by atoms with Gasteiger partial charge in [0.05, 0.1) is 34.9 Å². The number of nitrogens with one attached hydrogen (secondary N) is 1. The molecule has 38 heavy (non-hydrogen) atoms. The molecule has 0 bridgehead atoms.